The molecule has 1 amide bonds. The maximum Gasteiger partial charge on any atom is 0.223 e. The van der Waals surface area contributed by atoms with Gasteiger partial charge in [-0.05, 0) is 49.7 Å². The number of carbonyl (C=O) groups is 1. The fraction of sp³-hybridized carbons (Fsp3) is 0.611. The van der Waals surface area contributed by atoms with Crippen LogP contribution in [0, 0.1) is 0 Å². The molecular formula is C18H27ClN2O2. The van der Waals surface area contributed by atoms with Gasteiger partial charge in [-0.25, -0.2) is 0 Å². The molecule has 4 nitrogen and oxygen atoms in total. The Hall–Kier alpha value is -1.26. The molecule has 0 saturated heterocycles. The van der Waals surface area contributed by atoms with Crippen LogP contribution in [0.2, 0.25) is 0 Å². The summed E-state index contributed by atoms with van der Waals surface area (Å²) >= 11 is 0. The van der Waals surface area contributed by atoms with E-state index in [9.17, 15) is 4.79 Å². The van der Waals surface area contributed by atoms with Crippen LogP contribution in [0.5, 0.6) is 5.75 Å². The molecule has 5 heteroatoms. The van der Waals surface area contributed by atoms with Gasteiger partial charge in [0.15, 0.2) is 0 Å². The molecule has 1 aliphatic carbocycles. The minimum Gasteiger partial charge on any atom is -0.493 e. The van der Waals surface area contributed by atoms with Crippen LogP contribution in [0.25, 0.3) is 0 Å². The van der Waals surface area contributed by atoms with Gasteiger partial charge in [0.1, 0.15) is 5.75 Å². The predicted molar refractivity (Wildman–Crippen MR) is 94.2 cm³/mol. The summed E-state index contributed by atoms with van der Waals surface area (Å²) in [4.78, 5) is 14.6. The molecule has 2 aliphatic rings. The van der Waals surface area contributed by atoms with Gasteiger partial charge in [0.05, 0.1) is 6.61 Å². The molecule has 1 heterocycles. The molecule has 23 heavy (non-hydrogen) atoms. The van der Waals surface area contributed by atoms with Crippen molar-refractivity contribution in [1.29, 1.82) is 0 Å². The lowest BCUT2D eigenvalue weighted by Crippen LogP contribution is -2.42. The smallest absolute Gasteiger partial charge is 0.223 e. The second kappa shape index (κ2) is 8.02. The first-order valence-electron chi connectivity index (χ1n) is 8.38. The summed E-state index contributed by atoms with van der Waals surface area (Å²) < 4.78 is 5.69. The highest BCUT2D eigenvalue weighted by Gasteiger charge is 2.29. The first-order valence-corrected chi connectivity index (χ1v) is 8.38. The molecule has 1 aromatic rings. The Balaban J connectivity index is 0.00000192. The lowest BCUT2D eigenvalue weighted by molar-refractivity contribution is -0.133. The van der Waals surface area contributed by atoms with E-state index in [2.05, 4.69) is 6.07 Å². The van der Waals surface area contributed by atoms with Gasteiger partial charge in [0, 0.05) is 25.6 Å². The molecule has 1 saturated carbocycles. The molecule has 3 rings (SSSR count). The van der Waals surface area contributed by atoms with E-state index in [0.717, 1.165) is 37.9 Å². The third-order valence-electron chi connectivity index (χ3n) is 5.19. The zero-order chi connectivity index (χ0) is 15.5. The Morgan fingerprint density at radius 1 is 1.22 bits per heavy atom. The van der Waals surface area contributed by atoms with Crippen molar-refractivity contribution in [2.75, 3.05) is 13.7 Å². The van der Waals surface area contributed by atoms with Crippen molar-refractivity contribution < 1.29 is 9.53 Å². The van der Waals surface area contributed by atoms with E-state index in [1.54, 1.807) is 0 Å². The number of nitrogens with two attached hydrogens (primary N) is 1. The number of hydrogen-bond donors (Lipinski definition) is 1. The Morgan fingerprint density at radius 2 is 1.91 bits per heavy atom. The molecule has 0 radical (unpaired) electrons. The standard InChI is InChI=1S/C18H26N2O2.ClH/c1-20(15-8-6-14(19)7-9-15)18(21)12-13-10-11-22-17-5-3-2-4-16(13)17;/h2-5,13-15H,6-12,19H2,1H3;1H. The van der Waals surface area contributed by atoms with E-state index in [-0.39, 0.29) is 24.2 Å². The number of halogens is 1. The molecule has 0 spiro atoms. The molecule has 0 aromatic heterocycles. The van der Waals surface area contributed by atoms with E-state index in [1.165, 1.54) is 5.56 Å². The van der Waals surface area contributed by atoms with E-state index >= 15 is 0 Å². The van der Waals surface area contributed by atoms with Crippen LogP contribution < -0.4 is 10.5 Å². The number of amides is 1. The second-order valence-corrected chi connectivity index (χ2v) is 6.65. The van der Waals surface area contributed by atoms with Crippen LogP contribution in [0.3, 0.4) is 0 Å². The van der Waals surface area contributed by atoms with Gasteiger partial charge >= 0.3 is 0 Å². The Bertz CT molecular complexity index is 530. The normalized spacial score (nSPS) is 26.4. The van der Waals surface area contributed by atoms with Gasteiger partial charge in [-0.2, -0.15) is 0 Å². The van der Waals surface area contributed by atoms with Crippen molar-refractivity contribution in [2.45, 2.75) is 56.5 Å². The number of carbonyl (C=O) groups excluding carboxylic acids is 1. The van der Waals surface area contributed by atoms with Gasteiger partial charge in [-0.15, -0.1) is 12.4 Å². The van der Waals surface area contributed by atoms with Crippen molar-refractivity contribution in [2.24, 2.45) is 5.73 Å². The number of hydrogen-bond acceptors (Lipinski definition) is 3. The fourth-order valence-corrected chi connectivity index (χ4v) is 3.68. The molecule has 2 N–H and O–H groups in total. The topological polar surface area (TPSA) is 55.6 Å². The lowest BCUT2D eigenvalue weighted by atomic mass is 9.88. The Labute approximate surface area is 144 Å². The average Bonchev–Trinajstić information content (AvgIpc) is 2.55. The van der Waals surface area contributed by atoms with E-state index in [4.69, 9.17) is 10.5 Å². The molecule has 128 valence electrons. The molecule has 1 unspecified atom stereocenters. The molecule has 1 aliphatic heterocycles. The number of para-hydroxylation sites is 1. The molecular weight excluding hydrogens is 312 g/mol. The van der Waals surface area contributed by atoms with Crippen molar-refractivity contribution in [3.05, 3.63) is 29.8 Å². The van der Waals surface area contributed by atoms with Gasteiger partial charge in [0.2, 0.25) is 5.91 Å². The van der Waals surface area contributed by atoms with Crippen LogP contribution in [0.1, 0.15) is 50.0 Å². The van der Waals surface area contributed by atoms with Crippen LogP contribution >= 0.6 is 12.4 Å². The van der Waals surface area contributed by atoms with Gasteiger partial charge in [-0.3, -0.25) is 4.79 Å². The minimum absolute atomic E-state index is 0. The first-order chi connectivity index (χ1) is 10.6. The molecule has 1 atom stereocenters. The quantitative estimate of drug-likeness (QED) is 0.921. The number of ether oxygens (including phenoxy) is 1. The number of benzene rings is 1. The zero-order valence-electron chi connectivity index (χ0n) is 13.7. The average molecular weight is 339 g/mol. The largest absolute Gasteiger partial charge is 0.493 e. The van der Waals surface area contributed by atoms with Gasteiger partial charge in [-0.1, -0.05) is 18.2 Å². The van der Waals surface area contributed by atoms with Crippen LogP contribution in [0.4, 0.5) is 0 Å². The number of nitrogens with zero attached hydrogens (tertiary/aromatic N) is 1. The van der Waals surface area contributed by atoms with Crippen molar-refractivity contribution in [3.63, 3.8) is 0 Å². The predicted octanol–water partition coefficient (Wildman–Crippen LogP) is 3.09. The summed E-state index contributed by atoms with van der Waals surface area (Å²) in [6, 6.07) is 8.78. The maximum absolute atomic E-state index is 12.7. The van der Waals surface area contributed by atoms with E-state index < -0.39 is 0 Å². The van der Waals surface area contributed by atoms with Crippen LogP contribution in [-0.2, 0) is 4.79 Å². The van der Waals surface area contributed by atoms with E-state index in [0.29, 0.717) is 25.1 Å². The Morgan fingerprint density at radius 3 is 2.65 bits per heavy atom. The fourth-order valence-electron chi connectivity index (χ4n) is 3.68. The maximum atomic E-state index is 12.7. The highest BCUT2D eigenvalue weighted by molar-refractivity contribution is 5.85. The zero-order valence-corrected chi connectivity index (χ0v) is 14.6. The highest BCUT2D eigenvalue weighted by Crippen LogP contribution is 2.36. The third-order valence-corrected chi connectivity index (χ3v) is 5.19. The van der Waals surface area contributed by atoms with Crippen molar-refractivity contribution >= 4 is 18.3 Å². The van der Waals surface area contributed by atoms with Gasteiger partial charge in [0.25, 0.3) is 0 Å². The van der Waals surface area contributed by atoms with Crippen LogP contribution in [0.15, 0.2) is 24.3 Å². The summed E-state index contributed by atoms with van der Waals surface area (Å²) in [5, 5.41) is 0. The van der Waals surface area contributed by atoms with Crippen molar-refractivity contribution in [3.8, 4) is 5.75 Å². The second-order valence-electron chi connectivity index (χ2n) is 6.65. The number of rotatable bonds is 3. The third kappa shape index (κ3) is 4.18. The SMILES string of the molecule is CN(C(=O)CC1CCOc2ccccc21)C1CCC(N)CC1.Cl. The minimum atomic E-state index is 0. The monoisotopic (exact) mass is 338 g/mol. The van der Waals surface area contributed by atoms with Crippen LogP contribution in [-0.4, -0.2) is 36.5 Å². The Kier molecular flexibility index (Phi) is 6.31. The summed E-state index contributed by atoms with van der Waals surface area (Å²) in [6.45, 7) is 0.705. The first kappa shape index (κ1) is 18.1. The number of fused-ring (bicyclic) bond motifs is 1. The summed E-state index contributed by atoms with van der Waals surface area (Å²) in [5.74, 6) is 1.48. The molecule has 1 fully saturated rings. The lowest BCUT2D eigenvalue weighted by Gasteiger charge is -2.35. The summed E-state index contributed by atoms with van der Waals surface area (Å²) in [7, 11) is 1.95. The summed E-state index contributed by atoms with van der Waals surface area (Å²) in [5.41, 5.74) is 7.14. The van der Waals surface area contributed by atoms with Crippen molar-refractivity contribution in [1.82, 2.24) is 4.90 Å². The molecule has 0 bridgehead atoms. The molecule has 1 aromatic carbocycles. The van der Waals surface area contributed by atoms with Gasteiger partial charge < -0.3 is 15.4 Å². The van der Waals surface area contributed by atoms with E-state index in [1.807, 2.05) is 30.1 Å². The highest BCUT2D eigenvalue weighted by atomic mass is 35.5. The summed E-state index contributed by atoms with van der Waals surface area (Å²) in [6.07, 6.45) is 5.64.